The first-order chi connectivity index (χ1) is 11.3. The summed E-state index contributed by atoms with van der Waals surface area (Å²) < 4.78 is 51.7. The summed E-state index contributed by atoms with van der Waals surface area (Å²) in [6, 6.07) is 4.36. The predicted molar refractivity (Wildman–Crippen MR) is 82.5 cm³/mol. The molecule has 2 heterocycles. The van der Waals surface area contributed by atoms with Gasteiger partial charge < -0.3 is 14.4 Å². The molecule has 1 atom stereocenters. The topological polar surface area (TPSA) is 93.1 Å². The second-order valence-corrected chi connectivity index (χ2v) is 7.63. The predicted octanol–water partition coefficient (Wildman–Crippen LogP) is -0.122. The van der Waals surface area contributed by atoms with E-state index in [0.29, 0.717) is 18.2 Å². The summed E-state index contributed by atoms with van der Waals surface area (Å²) in [5, 5.41) is 9.38. The molecule has 0 radical (unpaired) electrons. The van der Waals surface area contributed by atoms with E-state index in [1.807, 2.05) is 0 Å². The standard InChI is InChI=1S/C15H21FN2O5S/c16-14-7-11(1-2-13(14)15(19)24(20,21)22)8-17-9-12(10-17)18-3-5-23-6-4-18/h1-2,7,12,15,19H,3-6,8-10H2,(H,20,21,22)/p-1. The quantitative estimate of drug-likeness (QED) is 0.733. The number of likely N-dealkylation sites (tertiary alicyclic amines) is 1. The minimum atomic E-state index is -4.99. The number of rotatable bonds is 5. The maximum atomic E-state index is 14.0. The Balaban J connectivity index is 1.56. The van der Waals surface area contributed by atoms with Crippen molar-refractivity contribution in [2.75, 3.05) is 39.4 Å². The first-order valence-corrected chi connectivity index (χ1v) is 9.27. The minimum Gasteiger partial charge on any atom is -0.746 e. The maximum absolute atomic E-state index is 14.0. The molecule has 2 fully saturated rings. The van der Waals surface area contributed by atoms with Gasteiger partial charge in [0, 0.05) is 44.3 Å². The van der Waals surface area contributed by atoms with Gasteiger partial charge in [-0.05, 0) is 11.6 Å². The summed E-state index contributed by atoms with van der Waals surface area (Å²) in [6.45, 7) is 5.70. The molecule has 1 N–H and O–H groups in total. The van der Waals surface area contributed by atoms with E-state index in [9.17, 15) is 22.5 Å². The molecule has 1 aromatic rings. The van der Waals surface area contributed by atoms with Gasteiger partial charge in [0.05, 0.1) is 13.2 Å². The van der Waals surface area contributed by atoms with Crippen LogP contribution in [0, 0.1) is 5.82 Å². The monoisotopic (exact) mass is 359 g/mol. The number of aliphatic hydroxyl groups is 1. The molecule has 2 aliphatic rings. The lowest BCUT2D eigenvalue weighted by Crippen LogP contribution is -2.60. The van der Waals surface area contributed by atoms with Gasteiger partial charge in [-0.2, -0.15) is 0 Å². The van der Waals surface area contributed by atoms with Crippen LogP contribution >= 0.6 is 0 Å². The Morgan fingerprint density at radius 3 is 2.58 bits per heavy atom. The highest BCUT2D eigenvalue weighted by atomic mass is 32.2. The number of ether oxygens (including phenoxy) is 1. The van der Waals surface area contributed by atoms with Gasteiger partial charge in [-0.1, -0.05) is 12.1 Å². The summed E-state index contributed by atoms with van der Waals surface area (Å²) in [6.07, 6.45) is 0. The van der Waals surface area contributed by atoms with E-state index >= 15 is 0 Å². The molecule has 134 valence electrons. The van der Waals surface area contributed by atoms with Crippen molar-refractivity contribution < 1.29 is 27.2 Å². The zero-order valence-electron chi connectivity index (χ0n) is 13.1. The molecule has 0 bridgehead atoms. The molecule has 2 saturated heterocycles. The van der Waals surface area contributed by atoms with Gasteiger partial charge in [0.1, 0.15) is 15.9 Å². The Hall–Kier alpha value is -1.10. The average Bonchev–Trinajstić information content (AvgIpc) is 2.50. The van der Waals surface area contributed by atoms with E-state index in [0.717, 1.165) is 45.5 Å². The van der Waals surface area contributed by atoms with E-state index in [1.54, 1.807) is 0 Å². The molecule has 0 saturated carbocycles. The summed E-state index contributed by atoms with van der Waals surface area (Å²) in [5.74, 6) is -0.885. The number of benzene rings is 1. The van der Waals surface area contributed by atoms with Gasteiger partial charge in [0.15, 0.2) is 5.44 Å². The Bertz CT molecular complexity index is 687. The molecule has 24 heavy (non-hydrogen) atoms. The zero-order valence-corrected chi connectivity index (χ0v) is 13.9. The molecule has 0 aromatic heterocycles. The first kappa shape index (κ1) is 17.7. The second-order valence-electron chi connectivity index (χ2n) is 6.20. The summed E-state index contributed by atoms with van der Waals surface area (Å²) in [7, 11) is -4.99. The van der Waals surface area contributed by atoms with E-state index in [2.05, 4.69) is 9.80 Å². The lowest BCUT2D eigenvalue weighted by atomic mass is 10.0. The van der Waals surface area contributed by atoms with Crippen molar-refractivity contribution in [2.45, 2.75) is 18.0 Å². The van der Waals surface area contributed by atoms with E-state index < -0.39 is 26.9 Å². The van der Waals surface area contributed by atoms with Crippen molar-refractivity contribution in [3.63, 3.8) is 0 Å². The smallest absolute Gasteiger partial charge is 0.171 e. The summed E-state index contributed by atoms with van der Waals surface area (Å²) >= 11 is 0. The largest absolute Gasteiger partial charge is 0.746 e. The van der Waals surface area contributed by atoms with Gasteiger partial charge in [-0.3, -0.25) is 9.80 Å². The van der Waals surface area contributed by atoms with Crippen LogP contribution < -0.4 is 0 Å². The molecular formula is C15H20FN2O5S-. The highest BCUT2D eigenvalue weighted by Crippen LogP contribution is 2.24. The first-order valence-electron chi connectivity index (χ1n) is 7.80. The van der Waals surface area contributed by atoms with E-state index in [1.165, 1.54) is 12.1 Å². The maximum Gasteiger partial charge on any atom is 0.171 e. The fourth-order valence-corrected chi connectivity index (χ4v) is 3.63. The third kappa shape index (κ3) is 3.93. The molecule has 9 heteroatoms. The van der Waals surface area contributed by atoms with Crippen LogP contribution in [0.1, 0.15) is 16.6 Å². The highest BCUT2D eigenvalue weighted by Gasteiger charge is 2.32. The van der Waals surface area contributed by atoms with Crippen molar-refractivity contribution in [3.8, 4) is 0 Å². The number of morpholine rings is 1. The third-order valence-corrected chi connectivity index (χ3v) is 5.31. The fraction of sp³-hybridized carbons (Fsp3) is 0.600. The minimum absolute atomic E-state index is 0.491. The van der Waals surface area contributed by atoms with Crippen LogP contribution in [-0.2, 0) is 21.4 Å². The van der Waals surface area contributed by atoms with Crippen LogP contribution in [0.15, 0.2) is 18.2 Å². The number of aliphatic hydroxyl groups excluding tert-OH is 1. The molecule has 0 amide bonds. The van der Waals surface area contributed by atoms with Crippen molar-refractivity contribution in [1.82, 2.24) is 9.80 Å². The molecule has 7 nitrogen and oxygen atoms in total. The van der Waals surface area contributed by atoms with Crippen LogP contribution in [0.5, 0.6) is 0 Å². The van der Waals surface area contributed by atoms with Crippen LogP contribution in [0.2, 0.25) is 0 Å². The number of hydrogen-bond donors (Lipinski definition) is 1. The van der Waals surface area contributed by atoms with Crippen molar-refractivity contribution >= 4 is 10.1 Å². The van der Waals surface area contributed by atoms with Crippen LogP contribution in [0.4, 0.5) is 4.39 Å². The molecule has 0 spiro atoms. The van der Waals surface area contributed by atoms with E-state index in [-0.39, 0.29) is 0 Å². The molecule has 2 aliphatic heterocycles. The summed E-state index contributed by atoms with van der Waals surface area (Å²) in [4.78, 5) is 4.55. The Kier molecular flexibility index (Phi) is 5.19. The fourth-order valence-electron chi connectivity index (χ4n) is 3.13. The van der Waals surface area contributed by atoms with Crippen LogP contribution in [0.3, 0.4) is 0 Å². The van der Waals surface area contributed by atoms with Crippen molar-refractivity contribution in [3.05, 3.63) is 35.1 Å². The second kappa shape index (κ2) is 7.03. The van der Waals surface area contributed by atoms with Crippen LogP contribution in [-0.4, -0.2) is 73.3 Å². The van der Waals surface area contributed by atoms with Gasteiger partial charge in [-0.25, -0.2) is 12.8 Å². The molecule has 1 unspecified atom stereocenters. The zero-order chi connectivity index (χ0) is 17.3. The SMILES string of the molecule is O=S(=O)([O-])C(O)c1ccc(CN2CC(N3CCOCC3)C2)cc1F. The van der Waals surface area contributed by atoms with Gasteiger partial charge in [0.25, 0.3) is 0 Å². The van der Waals surface area contributed by atoms with Gasteiger partial charge in [0.2, 0.25) is 0 Å². The van der Waals surface area contributed by atoms with Crippen molar-refractivity contribution in [2.24, 2.45) is 0 Å². The Morgan fingerprint density at radius 1 is 1.33 bits per heavy atom. The highest BCUT2D eigenvalue weighted by molar-refractivity contribution is 7.85. The normalized spacial score (nSPS) is 22.3. The van der Waals surface area contributed by atoms with E-state index in [4.69, 9.17) is 4.74 Å². The lowest BCUT2D eigenvalue weighted by Gasteiger charge is -2.46. The molecular weight excluding hydrogens is 339 g/mol. The van der Waals surface area contributed by atoms with Gasteiger partial charge in [-0.15, -0.1) is 0 Å². The van der Waals surface area contributed by atoms with Gasteiger partial charge >= 0.3 is 0 Å². The summed E-state index contributed by atoms with van der Waals surface area (Å²) in [5.41, 5.74) is -2.21. The molecule has 3 rings (SSSR count). The van der Waals surface area contributed by atoms with Crippen molar-refractivity contribution in [1.29, 1.82) is 0 Å². The molecule has 0 aliphatic carbocycles. The third-order valence-electron chi connectivity index (χ3n) is 4.51. The van der Waals surface area contributed by atoms with Crippen LogP contribution in [0.25, 0.3) is 0 Å². The average molecular weight is 359 g/mol. The molecule has 1 aromatic carbocycles. The number of halogens is 1. The number of hydrogen-bond acceptors (Lipinski definition) is 7. The lowest BCUT2D eigenvalue weighted by molar-refractivity contribution is -0.0344. The number of nitrogens with zero attached hydrogens (tertiary/aromatic N) is 2. The Morgan fingerprint density at radius 2 is 2.00 bits per heavy atom. The Labute approximate surface area is 140 Å².